The number of anilines is 1. The lowest BCUT2D eigenvalue weighted by Gasteiger charge is -2.53. The molecular weight excluding hydrogens is 333 g/mol. The summed E-state index contributed by atoms with van der Waals surface area (Å²) in [5, 5.41) is 14.2. The number of carbonyl (C=O) groups is 1. The number of aromatic nitrogens is 4. The molecular formula is C19H22FN5O. The van der Waals surface area contributed by atoms with Crippen molar-refractivity contribution >= 4 is 11.6 Å². The summed E-state index contributed by atoms with van der Waals surface area (Å²) in [6.45, 7) is 1.71. The van der Waals surface area contributed by atoms with Crippen LogP contribution in [0.5, 0.6) is 0 Å². The van der Waals surface area contributed by atoms with Crippen LogP contribution in [0.25, 0.3) is 5.69 Å². The van der Waals surface area contributed by atoms with Crippen molar-refractivity contribution in [1.29, 1.82) is 0 Å². The van der Waals surface area contributed by atoms with Crippen LogP contribution in [0.2, 0.25) is 0 Å². The lowest BCUT2D eigenvalue weighted by Crippen LogP contribution is -2.49. The van der Waals surface area contributed by atoms with Crippen molar-refractivity contribution in [2.75, 3.05) is 5.32 Å². The minimum atomic E-state index is -0.423. The highest BCUT2D eigenvalue weighted by Gasteiger charge is 2.50. The van der Waals surface area contributed by atoms with Crippen LogP contribution in [0.4, 0.5) is 10.1 Å². The first-order valence-corrected chi connectivity index (χ1v) is 9.44. The lowest BCUT2D eigenvalue weighted by atomic mass is 9.51. The fourth-order valence-corrected chi connectivity index (χ4v) is 5.79. The maximum Gasteiger partial charge on any atom is 0.228 e. The molecule has 1 aromatic heterocycles. The van der Waals surface area contributed by atoms with Gasteiger partial charge in [0.05, 0.1) is 0 Å². The molecule has 4 aliphatic rings. The number of tetrazole rings is 1. The average Bonchev–Trinajstić information content (AvgIpc) is 3.01. The molecule has 6 nitrogen and oxygen atoms in total. The Morgan fingerprint density at radius 1 is 1.15 bits per heavy atom. The predicted molar refractivity (Wildman–Crippen MR) is 93.0 cm³/mol. The molecule has 0 aliphatic heterocycles. The summed E-state index contributed by atoms with van der Waals surface area (Å²) in [5.41, 5.74) is 0.838. The Balaban J connectivity index is 1.38. The highest BCUT2D eigenvalue weighted by molar-refractivity contribution is 5.93. The Bertz CT molecular complexity index is 835. The molecule has 1 amide bonds. The summed E-state index contributed by atoms with van der Waals surface area (Å²) in [4.78, 5) is 13.0. The second-order valence-corrected chi connectivity index (χ2v) is 8.25. The molecule has 4 bridgehead atoms. The first-order chi connectivity index (χ1) is 12.6. The molecule has 7 heteroatoms. The minimum Gasteiger partial charge on any atom is -0.326 e. The number of carbonyl (C=O) groups excluding carboxylic acids is 1. The number of aryl methyl sites for hydroxylation is 1. The number of hydrogen-bond donors (Lipinski definition) is 1. The quantitative estimate of drug-likeness (QED) is 0.918. The lowest BCUT2D eigenvalue weighted by molar-refractivity contribution is -0.132. The molecule has 1 heterocycles. The van der Waals surface area contributed by atoms with Crippen molar-refractivity contribution in [1.82, 2.24) is 20.2 Å². The zero-order chi connectivity index (χ0) is 17.8. The molecule has 136 valence electrons. The summed E-state index contributed by atoms with van der Waals surface area (Å²) in [6.07, 6.45) is 6.16. The van der Waals surface area contributed by atoms with E-state index in [2.05, 4.69) is 20.8 Å². The SMILES string of the molecule is Cc1nnnn1-c1cc(NC(=O)C2C3CC4CC(C3)CC2C4)ccc1F. The fourth-order valence-electron chi connectivity index (χ4n) is 5.79. The molecule has 26 heavy (non-hydrogen) atoms. The standard InChI is InChI=1S/C19H22FN5O/c1-10-22-23-24-25(10)17-9-15(2-3-16(17)20)21-19(26)18-13-5-11-4-12(7-13)8-14(18)6-11/h2-3,9,11-14,18H,4-8H2,1H3,(H,21,26). The molecule has 1 N–H and O–H groups in total. The number of halogens is 1. The Morgan fingerprint density at radius 3 is 2.46 bits per heavy atom. The van der Waals surface area contributed by atoms with E-state index in [9.17, 15) is 9.18 Å². The van der Waals surface area contributed by atoms with Crippen LogP contribution in [-0.2, 0) is 4.79 Å². The number of benzene rings is 1. The van der Waals surface area contributed by atoms with Crippen LogP contribution in [-0.4, -0.2) is 26.1 Å². The van der Waals surface area contributed by atoms with Crippen molar-refractivity contribution in [3.05, 3.63) is 29.8 Å². The molecule has 0 radical (unpaired) electrons. The Hall–Kier alpha value is -2.31. The van der Waals surface area contributed by atoms with Gasteiger partial charge in [-0.1, -0.05) is 0 Å². The van der Waals surface area contributed by atoms with Crippen molar-refractivity contribution < 1.29 is 9.18 Å². The van der Waals surface area contributed by atoms with Crippen LogP contribution in [0.1, 0.15) is 37.9 Å². The van der Waals surface area contributed by atoms with E-state index in [-0.39, 0.29) is 17.5 Å². The summed E-state index contributed by atoms with van der Waals surface area (Å²) in [5.74, 6) is 2.97. The van der Waals surface area contributed by atoms with Crippen LogP contribution < -0.4 is 5.32 Å². The Morgan fingerprint density at radius 2 is 1.85 bits per heavy atom. The molecule has 0 atom stereocenters. The third-order valence-electron chi connectivity index (χ3n) is 6.60. The Labute approximate surface area is 151 Å². The van der Waals surface area contributed by atoms with Gasteiger partial charge in [0.15, 0.2) is 5.82 Å². The van der Waals surface area contributed by atoms with E-state index in [1.165, 1.54) is 42.9 Å². The molecule has 0 unspecified atom stereocenters. The largest absolute Gasteiger partial charge is 0.326 e. The van der Waals surface area contributed by atoms with Gasteiger partial charge >= 0.3 is 0 Å². The van der Waals surface area contributed by atoms with Gasteiger partial charge in [-0.05, 0) is 91.3 Å². The third-order valence-corrected chi connectivity index (χ3v) is 6.60. The molecule has 2 aromatic rings. The smallest absolute Gasteiger partial charge is 0.228 e. The zero-order valence-electron chi connectivity index (χ0n) is 14.7. The van der Waals surface area contributed by atoms with Gasteiger partial charge in [-0.3, -0.25) is 4.79 Å². The number of nitrogens with zero attached hydrogens (tertiary/aromatic N) is 4. The van der Waals surface area contributed by atoms with Gasteiger partial charge < -0.3 is 5.32 Å². The van der Waals surface area contributed by atoms with Gasteiger partial charge in [0.1, 0.15) is 11.5 Å². The maximum absolute atomic E-state index is 14.2. The van der Waals surface area contributed by atoms with Crippen LogP contribution >= 0.6 is 0 Å². The number of hydrogen-bond acceptors (Lipinski definition) is 4. The van der Waals surface area contributed by atoms with Gasteiger partial charge in [-0.15, -0.1) is 5.10 Å². The number of amides is 1. The number of rotatable bonds is 3. The molecule has 1 aromatic carbocycles. The van der Waals surface area contributed by atoms with E-state index in [0.717, 1.165) is 11.8 Å². The van der Waals surface area contributed by atoms with Crippen molar-refractivity contribution in [2.24, 2.45) is 29.6 Å². The monoisotopic (exact) mass is 355 g/mol. The fraction of sp³-hybridized carbons (Fsp3) is 0.579. The normalized spacial score (nSPS) is 32.0. The summed E-state index contributed by atoms with van der Waals surface area (Å²) in [6, 6.07) is 4.56. The molecule has 4 saturated carbocycles. The van der Waals surface area contributed by atoms with E-state index >= 15 is 0 Å². The molecule has 4 aliphatic carbocycles. The van der Waals surface area contributed by atoms with Gasteiger partial charge in [-0.2, -0.15) is 4.68 Å². The van der Waals surface area contributed by atoms with Crippen molar-refractivity contribution in [3.63, 3.8) is 0 Å². The van der Waals surface area contributed by atoms with Gasteiger partial charge in [0.2, 0.25) is 5.91 Å². The van der Waals surface area contributed by atoms with Gasteiger partial charge in [0, 0.05) is 11.6 Å². The highest BCUT2D eigenvalue weighted by atomic mass is 19.1. The second kappa shape index (κ2) is 5.86. The van der Waals surface area contributed by atoms with Crippen LogP contribution in [0.15, 0.2) is 18.2 Å². The summed E-state index contributed by atoms with van der Waals surface area (Å²) >= 11 is 0. The maximum atomic E-state index is 14.2. The molecule has 0 spiro atoms. The van der Waals surface area contributed by atoms with E-state index in [1.807, 2.05) is 0 Å². The predicted octanol–water partition coefficient (Wildman–Crippen LogP) is 3.12. The van der Waals surface area contributed by atoms with Crippen molar-refractivity contribution in [3.8, 4) is 5.69 Å². The second-order valence-electron chi connectivity index (χ2n) is 8.25. The minimum absolute atomic E-state index is 0.0878. The van der Waals surface area contributed by atoms with Crippen LogP contribution in [0, 0.1) is 42.3 Å². The third kappa shape index (κ3) is 2.52. The van der Waals surface area contributed by atoms with Gasteiger partial charge in [-0.25, -0.2) is 4.39 Å². The topological polar surface area (TPSA) is 72.7 Å². The molecule has 4 fully saturated rings. The van der Waals surface area contributed by atoms with E-state index in [1.54, 1.807) is 19.1 Å². The van der Waals surface area contributed by atoms with Crippen molar-refractivity contribution in [2.45, 2.75) is 39.0 Å². The number of nitrogens with one attached hydrogen (secondary N) is 1. The first-order valence-electron chi connectivity index (χ1n) is 9.44. The summed E-state index contributed by atoms with van der Waals surface area (Å²) < 4.78 is 15.6. The van der Waals surface area contributed by atoms with E-state index in [4.69, 9.17) is 0 Å². The van der Waals surface area contributed by atoms with Gasteiger partial charge in [0.25, 0.3) is 0 Å². The van der Waals surface area contributed by atoms with E-state index < -0.39 is 5.82 Å². The van der Waals surface area contributed by atoms with E-state index in [0.29, 0.717) is 23.3 Å². The summed E-state index contributed by atoms with van der Waals surface area (Å²) in [7, 11) is 0. The molecule has 6 rings (SSSR count). The van der Waals surface area contributed by atoms with Crippen LogP contribution in [0.3, 0.4) is 0 Å². The highest BCUT2D eigenvalue weighted by Crippen LogP contribution is 2.56. The Kier molecular flexibility index (Phi) is 3.58. The first kappa shape index (κ1) is 15.9. The molecule has 0 saturated heterocycles. The zero-order valence-corrected chi connectivity index (χ0v) is 14.7. The average molecular weight is 355 g/mol.